The molecule has 16 heavy (non-hydrogen) atoms. The first-order valence-electron chi connectivity index (χ1n) is 7.16. The Bertz CT molecular complexity index is 172. The van der Waals surface area contributed by atoms with Gasteiger partial charge in [0.25, 0.3) is 0 Å². The molecular formula is C14H29NO. The molecule has 0 radical (unpaired) electrons. The smallest absolute Gasteiger partial charge is 0.0462 e. The predicted octanol–water partition coefficient (Wildman–Crippen LogP) is 2.95. The largest absolute Gasteiger partial charge is 0.396 e. The zero-order chi connectivity index (χ0) is 11.8. The molecule has 0 spiro atoms. The van der Waals surface area contributed by atoms with Gasteiger partial charge in [0.2, 0.25) is 0 Å². The third-order valence-electron chi connectivity index (χ3n) is 4.10. The van der Waals surface area contributed by atoms with Crippen LogP contribution < -0.4 is 5.32 Å². The van der Waals surface area contributed by atoms with E-state index in [1.807, 2.05) is 0 Å². The van der Waals surface area contributed by atoms with Crippen molar-refractivity contribution in [2.45, 2.75) is 64.8 Å². The molecule has 1 aliphatic rings. The normalized spacial score (nSPS) is 27.9. The molecule has 0 bridgehead atoms. The van der Waals surface area contributed by atoms with Gasteiger partial charge in [-0.05, 0) is 44.1 Å². The summed E-state index contributed by atoms with van der Waals surface area (Å²) in [6.07, 6.45) is 8.98. The van der Waals surface area contributed by atoms with E-state index in [4.69, 9.17) is 0 Å². The van der Waals surface area contributed by atoms with E-state index in [1.165, 1.54) is 44.9 Å². The minimum atomic E-state index is 0.386. The van der Waals surface area contributed by atoms with Gasteiger partial charge in [-0.2, -0.15) is 0 Å². The maximum absolute atomic E-state index is 9.36. The molecular weight excluding hydrogens is 198 g/mol. The quantitative estimate of drug-likeness (QED) is 0.701. The average molecular weight is 227 g/mol. The lowest BCUT2D eigenvalue weighted by Gasteiger charge is -2.31. The maximum atomic E-state index is 9.36. The molecule has 1 fully saturated rings. The van der Waals surface area contributed by atoms with Gasteiger partial charge < -0.3 is 10.4 Å². The van der Waals surface area contributed by atoms with Crippen LogP contribution in [0.5, 0.6) is 0 Å². The highest BCUT2D eigenvalue weighted by atomic mass is 16.3. The van der Waals surface area contributed by atoms with Gasteiger partial charge in [0.05, 0.1) is 0 Å². The zero-order valence-corrected chi connectivity index (χ0v) is 11.0. The van der Waals surface area contributed by atoms with E-state index in [2.05, 4.69) is 19.2 Å². The second-order valence-corrected chi connectivity index (χ2v) is 5.29. The highest BCUT2D eigenvalue weighted by molar-refractivity contribution is 4.78. The van der Waals surface area contributed by atoms with Crippen LogP contribution in [0.4, 0.5) is 0 Å². The van der Waals surface area contributed by atoms with Crippen molar-refractivity contribution < 1.29 is 5.11 Å². The Morgan fingerprint density at radius 2 is 1.88 bits per heavy atom. The summed E-state index contributed by atoms with van der Waals surface area (Å²) in [5.41, 5.74) is 0. The summed E-state index contributed by atoms with van der Waals surface area (Å²) in [5.74, 6) is 1.27. The number of hydrogen-bond acceptors (Lipinski definition) is 2. The Morgan fingerprint density at radius 3 is 2.44 bits per heavy atom. The molecule has 1 aliphatic carbocycles. The molecule has 1 saturated carbocycles. The Balaban J connectivity index is 2.28. The Hall–Kier alpha value is -0.0800. The van der Waals surface area contributed by atoms with Gasteiger partial charge >= 0.3 is 0 Å². The van der Waals surface area contributed by atoms with Crippen molar-refractivity contribution in [2.75, 3.05) is 13.2 Å². The molecule has 0 heterocycles. The SMILES string of the molecule is CCCC(CC)NCC1CCCCC1CO. The Labute approximate surface area is 101 Å². The van der Waals surface area contributed by atoms with E-state index in [-0.39, 0.29) is 0 Å². The van der Waals surface area contributed by atoms with Crippen LogP contribution in [0.1, 0.15) is 58.8 Å². The van der Waals surface area contributed by atoms with Crippen LogP contribution in [0.25, 0.3) is 0 Å². The van der Waals surface area contributed by atoms with E-state index in [1.54, 1.807) is 0 Å². The average Bonchev–Trinajstić information content (AvgIpc) is 2.34. The zero-order valence-electron chi connectivity index (χ0n) is 11.0. The summed E-state index contributed by atoms with van der Waals surface area (Å²) < 4.78 is 0. The summed E-state index contributed by atoms with van der Waals surface area (Å²) in [4.78, 5) is 0. The van der Waals surface area contributed by atoms with Crippen LogP contribution in [0.2, 0.25) is 0 Å². The molecule has 0 amide bonds. The number of hydrogen-bond donors (Lipinski definition) is 2. The summed E-state index contributed by atoms with van der Waals surface area (Å²) in [5, 5.41) is 13.1. The van der Waals surface area contributed by atoms with Gasteiger partial charge in [-0.25, -0.2) is 0 Å². The highest BCUT2D eigenvalue weighted by Crippen LogP contribution is 2.29. The number of nitrogens with one attached hydrogen (secondary N) is 1. The van der Waals surface area contributed by atoms with Crippen LogP contribution in [0.3, 0.4) is 0 Å². The topological polar surface area (TPSA) is 32.3 Å². The van der Waals surface area contributed by atoms with E-state index < -0.39 is 0 Å². The van der Waals surface area contributed by atoms with Crippen molar-refractivity contribution in [1.82, 2.24) is 5.32 Å². The van der Waals surface area contributed by atoms with Crippen molar-refractivity contribution in [2.24, 2.45) is 11.8 Å². The summed E-state index contributed by atoms with van der Waals surface area (Å²) in [7, 11) is 0. The maximum Gasteiger partial charge on any atom is 0.0462 e. The lowest BCUT2D eigenvalue weighted by molar-refractivity contribution is 0.130. The minimum absolute atomic E-state index is 0.386. The lowest BCUT2D eigenvalue weighted by Crippen LogP contribution is -2.37. The molecule has 1 rings (SSSR count). The standard InChI is InChI=1S/C14H29NO/c1-3-7-14(4-2)15-10-12-8-5-6-9-13(12)11-16/h12-16H,3-11H2,1-2H3. The molecule has 0 aromatic heterocycles. The summed E-state index contributed by atoms with van der Waals surface area (Å²) in [6, 6.07) is 0.686. The number of rotatable bonds is 7. The first-order valence-corrected chi connectivity index (χ1v) is 7.16. The Kier molecular flexibility index (Phi) is 7.06. The second-order valence-electron chi connectivity index (χ2n) is 5.29. The fourth-order valence-electron chi connectivity index (χ4n) is 2.91. The van der Waals surface area contributed by atoms with Gasteiger partial charge in [0.1, 0.15) is 0 Å². The number of aliphatic hydroxyl groups excluding tert-OH is 1. The van der Waals surface area contributed by atoms with Crippen LogP contribution in [-0.4, -0.2) is 24.3 Å². The van der Waals surface area contributed by atoms with Crippen molar-refractivity contribution in [3.63, 3.8) is 0 Å². The van der Waals surface area contributed by atoms with Crippen molar-refractivity contribution >= 4 is 0 Å². The third-order valence-corrected chi connectivity index (χ3v) is 4.10. The molecule has 2 heteroatoms. The molecule has 0 aromatic carbocycles. The first-order chi connectivity index (χ1) is 7.81. The second kappa shape index (κ2) is 8.08. The molecule has 0 aromatic rings. The van der Waals surface area contributed by atoms with Gasteiger partial charge in [0.15, 0.2) is 0 Å². The highest BCUT2D eigenvalue weighted by Gasteiger charge is 2.24. The minimum Gasteiger partial charge on any atom is -0.396 e. The molecule has 3 unspecified atom stereocenters. The monoisotopic (exact) mass is 227 g/mol. The fourth-order valence-corrected chi connectivity index (χ4v) is 2.91. The third kappa shape index (κ3) is 4.42. The van der Waals surface area contributed by atoms with E-state index in [9.17, 15) is 5.11 Å². The molecule has 0 saturated heterocycles. The van der Waals surface area contributed by atoms with Gasteiger partial charge in [-0.3, -0.25) is 0 Å². The van der Waals surface area contributed by atoms with Gasteiger partial charge in [-0.15, -0.1) is 0 Å². The van der Waals surface area contributed by atoms with Crippen LogP contribution in [0.15, 0.2) is 0 Å². The molecule has 2 nitrogen and oxygen atoms in total. The molecule has 2 N–H and O–H groups in total. The van der Waals surface area contributed by atoms with Gasteiger partial charge in [0, 0.05) is 12.6 Å². The summed E-state index contributed by atoms with van der Waals surface area (Å²) >= 11 is 0. The van der Waals surface area contributed by atoms with Crippen molar-refractivity contribution in [3.05, 3.63) is 0 Å². The molecule has 0 aliphatic heterocycles. The predicted molar refractivity (Wildman–Crippen MR) is 69.5 cm³/mol. The summed E-state index contributed by atoms with van der Waals surface area (Å²) in [6.45, 7) is 6.01. The van der Waals surface area contributed by atoms with Crippen LogP contribution >= 0.6 is 0 Å². The van der Waals surface area contributed by atoms with Gasteiger partial charge in [-0.1, -0.05) is 33.1 Å². The lowest BCUT2D eigenvalue weighted by atomic mass is 9.79. The van der Waals surface area contributed by atoms with Crippen LogP contribution in [0, 0.1) is 11.8 Å². The first kappa shape index (κ1) is 14.0. The number of aliphatic hydroxyl groups is 1. The van der Waals surface area contributed by atoms with E-state index in [0.717, 1.165) is 6.54 Å². The van der Waals surface area contributed by atoms with E-state index in [0.29, 0.717) is 24.5 Å². The molecule has 96 valence electrons. The van der Waals surface area contributed by atoms with Crippen molar-refractivity contribution in [3.8, 4) is 0 Å². The van der Waals surface area contributed by atoms with Crippen molar-refractivity contribution in [1.29, 1.82) is 0 Å². The Morgan fingerprint density at radius 1 is 1.19 bits per heavy atom. The fraction of sp³-hybridized carbons (Fsp3) is 1.00. The van der Waals surface area contributed by atoms with Crippen LogP contribution in [-0.2, 0) is 0 Å². The van der Waals surface area contributed by atoms with E-state index >= 15 is 0 Å². The molecule has 3 atom stereocenters.